The average Bonchev–Trinajstić information content (AvgIpc) is 2.03. The van der Waals surface area contributed by atoms with Crippen molar-refractivity contribution in [3.8, 4) is 0 Å². The number of carbonyl (C=O) groups is 2. The molecule has 6 heteroatoms. The molecule has 0 rings (SSSR count). The number of rotatable bonds is 6. The van der Waals surface area contributed by atoms with E-state index in [0.29, 0.717) is 19.3 Å². The SMILES string of the molecule is CC(=O)C(N)CCC[C@H](N)C(N)=O.Cl. The summed E-state index contributed by atoms with van der Waals surface area (Å²) in [5.41, 5.74) is 15.8. The van der Waals surface area contributed by atoms with Gasteiger partial charge in [-0.1, -0.05) is 0 Å². The summed E-state index contributed by atoms with van der Waals surface area (Å²) in [5, 5.41) is 0. The van der Waals surface area contributed by atoms with E-state index in [9.17, 15) is 9.59 Å². The van der Waals surface area contributed by atoms with Crippen LogP contribution in [0.1, 0.15) is 26.2 Å². The number of nitrogens with two attached hydrogens (primary N) is 3. The fourth-order valence-electron chi connectivity index (χ4n) is 0.903. The Morgan fingerprint density at radius 1 is 1.14 bits per heavy atom. The van der Waals surface area contributed by atoms with Crippen LogP contribution >= 0.6 is 12.4 Å². The molecule has 0 heterocycles. The predicted molar refractivity (Wildman–Crippen MR) is 56.9 cm³/mol. The van der Waals surface area contributed by atoms with Crippen LogP contribution in [-0.2, 0) is 9.59 Å². The van der Waals surface area contributed by atoms with Gasteiger partial charge < -0.3 is 17.2 Å². The van der Waals surface area contributed by atoms with Gasteiger partial charge in [-0.2, -0.15) is 0 Å². The molecule has 0 aromatic rings. The first-order valence-corrected chi connectivity index (χ1v) is 4.26. The summed E-state index contributed by atoms with van der Waals surface area (Å²) in [6.07, 6.45) is 1.68. The number of ketones is 1. The van der Waals surface area contributed by atoms with Crippen molar-refractivity contribution in [1.29, 1.82) is 0 Å². The van der Waals surface area contributed by atoms with Gasteiger partial charge >= 0.3 is 0 Å². The molecule has 1 unspecified atom stereocenters. The molecule has 1 amide bonds. The Morgan fingerprint density at radius 3 is 1.93 bits per heavy atom. The molecule has 6 N–H and O–H groups in total. The van der Waals surface area contributed by atoms with Gasteiger partial charge in [0.2, 0.25) is 5.91 Å². The Balaban J connectivity index is 0. The zero-order valence-electron chi connectivity index (χ0n) is 8.23. The van der Waals surface area contributed by atoms with Crippen molar-refractivity contribution in [3.63, 3.8) is 0 Å². The Hall–Kier alpha value is -0.650. The van der Waals surface area contributed by atoms with Crippen LogP contribution in [0.3, 0.4) is 0 Å². The molecule has 0 saturated carbocycles. The van der Waals surface area contributed by atoms with Crippen LogP contribution in [0.15, 0.2) is 0 Å². The van der Waals surface area contributed by atoms with Gasteiger partial charge in [0.15, 0.2) is 0 Å². The van der Waals surface area contributed by atoms with Gasteiger partial charge in [-0.15, -0.1) is 12.4 Å². The highest BCUT2D eigenvalue weighted by molar-refractivity contribution is 5.85. The molecular weight excluding hydrogens is 206 g/mol. The molecule has 0 bridgehead atoms. The molecule has 0 aliphatic rings. The number of carbonyl (C=O) groups excluding carboxylic acids is 2. The van der Waals surface area contributed by atoms with Crippen LogP contribution < -0.4 is 17.2 Å². The second-order valence-corrected chi connectivity index (χ2v) is 3.16. The topological polar surface area (TPSA) is 112 Å². The van der Waals surface area contributed by atoms with Crippen molar-refractivity contribution in [2.24, 2.45) is 17.2 Å². The number of hydrogen-bond donors (Lipinski definition) is 3. The second kappa shape index (κ2) is 7.73. The maximum absolute atomic E-state index is 10.7. The van der Waals surface area contributed by atoms with E-state index in [4.69, 9.17) is 17.2 Å². The summed E-state index contributed by atoms with van der Waals surface area (Å²) in [6, 6.07) is -1.07. The summed E-state index contributed by atoms with van der Waals surface area (Å²) in [5.74, 6) is -0.566. The highest BCUT2D eigenvalue weighted by atomic mass is 35.5. The van der Waals surface area contributed by atoms with E-state index in [1.165, 1.54) is 6.92 Å². The van der Waals surface area contributed by atoms with Gasteiger partial charge in [0.25, 0.3) is 0 Å². The van der Waals surface area contributed by atoms with Gasteiger partial charge in [0.1, 0.15) is 5.78 Å². The largest absolute Gasteiger partial charge is 0.368 e. The monoisotopic (exact) mass is 223 g/mol. The van der Waals surface area contributed by atoms with Crippen LogP contribution in [0.25, 0.3) is 0 Å². The lowest BCUT2D eigenvalue weighted by atomic mass is 10.0. The van der Waals surface area contributed by atoms with E-state index in [-0.39, 0.29) is 18.2 Å². The fraction of sp³-hybridized carbons (Fsp3) is 0.750. The highest BCUT2D eigenvalue weighted by Crippen LogP contribution is 2.01. The van der Waals surface area contributed by atoms with E-state index in [1.807, 2.05) is 0 Å². The Labute approximate surface area is 89.8 Å². The molecule has 14 heavy (non-hydrogen) atoms. The molecule has 0 aromatic carbocycles. The molecule has 84 valence electrons. The second-order valence-electron chi connectivity index (χ2n) is 3.16. The summed E-state index contributed by atoms with van der Waals surface area (Å²) < 4.78 is 0. The number of amides is 1. The Bertz CT molecular complexity index is 179. The van der Waals surface area contributed by atoms with Gasteiger partial charge in [0, 0.05) is 0 Å². The van der Waals surface area contributed by atoms with E-state index in [0.717, 1.165) is 0 Å². The van der Waals surface area contributed by atoms with Gasteiger partial charge in [-0.3, -0.25) is 9.59 Å². The van der Waals surface area contributed by atoms with Crippen molar-refractivity contribution in [1.82, 2.24) is 0 Å². The van der Waals surface area contributed by atoms with E-state index in [1.54, 1.807) is 0 Å². The molecule has 0 fully saturated rings. The molecule has 2 atom stereocenters. The smallest absolute Gasteiger partial charge is 0.234 e. The van der Waals surface area contributed by atoms with Gasteiger partial charge in [0.05, 0.1) is 12.1 Å². The fourth-order valence-corrected chi connectivity index (χ4v) is 0.903. The van der Waals surface area contributed by atoms with Gasteiger partial charge in [-0.05, 0) is 26.2 Å². The molecule has 0 aliphatic carbocycles. The molecule has 0 aliphatic heterocycles. The van der Waals surface area contributed by atoms with Crippen LogP contribution in [-0.4, -0.2) is 23.8 Å². The predicted octanol–water partition coefficient (Wildman–Crippen LogP) is -0.693. The standard InChI is InChI=1S/C8H17N3O2.ClH/c1-5(12)6(9)3-2-4-7(10)8(11)13;/h6-7H,2-4,9-10H2,1H3,(H2,11,13);1H/t6?,7-;/m0./s1. The van der Waals surface area contributed by atoms with E-state index in [2.05, 4.69) is 0 Å². The first kappa shape index (κ1) is 15.8. The number of halogens is 1. The molecule has 0 saturated heterocycles. The third kappa shape index (κ3) is 6.82. The van der Waals surface area contributed by atoms with Crippen LogP contribution in [0, 0.1) is 0 Å². The highest BCUT2D eigenvalue weighted by Gasteiger charge is 2.11. The summed E-state index contributed by atoms with van der Waals surface area (Å²) in [4.78, 5) is 21.2. The Kier molecular flexibility index (Phi) is 8.72. The van der Waals surface area contributed by atoms with Crippen LogP contribution in [0.5, 0.6) is 0 Å². The summed E-state index contributed by atoms with van der Waals surface area (Å²) in [7, 11) is 0. The minimum Gasteiger partial charge on any atom is -0.368 e. The Morgan fingerprint density at radius 2 is 1.57 bits per heavy atom. The van der Waals surface area contributed by atoms with Gasteiger partial charge in [-0.25, -0.2) is 0 Å². The molecule has 0 radical (unpaired) electrons. The number of primary amides is 1. The molecule has 0 aromatic heterocycles. The third-order valence-electron chi connectivity index (χ3n) is 1.92. The van der Waals surface area contributed by atoms with E-state index >= 15 is 0 Å². The minimum absolute atomic E-state index is 0. The molecular formula is C8H18ClN3O2. The lowest BCUT2D eigenvalue weighted by Crippen LogP contribution is -2.37. The third-order valence-corrected chi connectivity index (χ3v) is 1.92. The quantitative estimate of drug-likeness (QED) is 0.553. The molecule has 0 spiro atoms. The summed E-state index contributed by atoms with van der Waals surface area (Å²) >= 11 is 0. The lowest BCUT2D eigenvalue weighted by molar-refractivity contribution is -0.119. The normalized spacial score (nSPS) is 13.9. The molecule has 5 nitrogen and oxygen atoms in total. The average molecular weight is 224 g/mol. The first-order valence-electron chi connectivity index (χ1n) is 4.26. The first-order chi connectivity index (χ1) is 5.95. The lowest BCUT2D eigenvalue weighted by Gasteiger charge is -2.09. The van der Waals surface area contributed by atoms with E-state index < -0.39 is 18.0 Å². The summed E-state index contributed by atoms with van der Waals surface area (Å²) in [6.45, 7) is 1.44. The van der Waals surface area contributed by atoms with Crippen molar-refractivity contribution in [2.45, 2.75) is 38.3 Å². The van der Waals surface area contributed by atoms with Crippen molar-refractivity contribution >= 4 is 24.1 Å². The zero-order valence-corrected chi connectivity index (χ0v) is 9.05. The minimum atomic E-state index is -0.626. The maximum Gasteiger partial charge on any atom is 0.234 e. The van der Waals surface area contributed by atoms with Crippen molar-refractivity contribution in [2.75, 3.05) is 0 Å². The van der Waals surface area contributed by atoms with Crippen molar-refractivity contribution in [3.05, 3.63) is 0 Å². The number of Topliss-reactive ketones (excluding diaryl/α,β-unsaturated/α-hetero) is 1. The van der Waals surface area contributed by atoms with Crippen LogP contribution in [0.4, 0.5) is 0 Å². The van der Waals surface area contributed by atoms with Crippen LogP contribution in [0.2, 0.25) is 0 Å². The number of hydrogen-bond acceptors (Lipinski definition) is 4. The van der Waals surface area contributed by atoms with Crippen molar-refractivity contribution < 1.29 is 9.59 Å². The maximum atomic E-state index is 10.7. The zero-order chi connectivity index (χ0) is 10.4.